The van der Waals surface area contributed by atoms with Crippen LogP contribution in [0.25, 0.3) is 0 Å². The van der Waals surface area contributed by atoms with Crippen LogP contribution in [-0.2, 0) is 21.4 Å². The van der Waals surface area contributed by atoms with Crippen LogP contribution in [0.3, 0.4) is 0 Å². The van der Waals surface area contributed by atoms with Gasteiger partial charge in [-0.1, -0.05) is 12.1 Å². The zero-order valence-corrected chi connectivity index (χ0v) is 14.6. The molecule has 0 aromatic heterocycles. The molecule has 24 heavy (non-hydrogen) atoms. The van der Waals surface area contributed by atoms with E-state index in [-0.39, 0.29) is 11.9 Å². The number of rotatable bonds is 6. The molecule has 2 N–H and O–H groups in total. The van der Waals surface area contributed by atoms with Gasteiger partial charge in [0.2, 0.25) is 15.9 Å². The normalized spacial score (nSPS) is 21.9. The van der Waals surface area contributed by atoms with Crippen LogP contribution in [0.4, 0.5) is 0 Å². The average Bonchev–Trinajstić information content (AvgIpc) is 3.27. The van der Waals surface area contributed by atoms with E-state index in [0.29, 0.717) is 31.0 Å². The van der Waals surface area contributed by atoms with E-state index in [1.54, 1.807) is 28.6 Å². The fraction of sp³-hybridized carbons (Fsp3) is 0.588. The summed E-state index contributed by atoms with van der Waals surface area (Å²) in [7, 11) is -3.36. The van der Waals surface area contributed by atoms with Crippen LogP contribution in [0.1, 0.15) is 37.7 Å². The third-order valence-corrected chi connectivity index (χ3v) is 6.62. The molecular formula is C17H25N3O3S. The molecule has 2 aliphatic heterocycles. The number of carbonyl (C=O) groups is 1. The monoisotopic (exact) mass is 351 g/mol. The Kier molecular flexibility index (Phi) is 5.53. The minimum absolute atomic E-state index is 0.0307. The third kappa shape index (κ3) is 4.15. The van der Waals surface area contributed by atoms with Crippen molar-refractivity contribution >= 4 is 15.9 Å². The molecule has 2 saturated heterocycles. The zero-order valence-electron chi connectivity index (χ0n) is 13.8. The lowest BCUT2D eigenvalue weighted by atomic mass is 10.1. The van der Waals surface area contributed by atoms with Gasteiger partial charge in [-0.2, -0.15) is 4.31 Å². The van der Waals surface area contributed by atoms with E-state index >= 15 is 0 Å². The lowest BCUT2D eigenvalue weighted by Crippen LogP contribution is -2.31. The summed E-state index contributed by atoms with van der Waals surface area (Å²) in [5.41, 5.74) is 0.906. The molecular weight excluding hydrogens is 326 g/mol. The summed E-state index contributed by atoms with van der Waals surface area (Å²) < 4.78 is 26.4. The van der Waals surface area contributed by atoms with Crippen molar-refractivity contribution in [1.82, 2.24) is 14.9 Å². The Morgan fingerprint density at radius 2 is 1.88 bits per heavy atom. The van der Waals surface area contributed by atoms with Gasteiger partial charge in [0.05, 0.1) is 4.90 Å². The number of benzene rings is 1. The molecule has 2 fully saturated rings. The Balaban J connectivity index is 1.53. The van der Waals surface area contributed by atoms with Gasteiger partial charge < -0.3 is 10.6 Å². The Labute approximate surface area is 143 Å². The number of nitrogens with one attached hydrogen (secondary N) is 2. The Bertz CT molecular complexity index is 661. The summed E-state index contributed by atoms with van der Waals surface area (Å²) in [6.07, 6.45) is 4.54. The van der Waals surface area contributed by atoms with E-state index in [4.69, 9.17) is 0 Å². The molecule has 7 heteroatoms. The molecule has 3 rings (SSSR count). The summed E-state index contributed by atoms with van der Waals surface area (Å²) in [5, 5.41) is 6.20. The molecule has 1 amide bonds. The Hall–Kier alpha value is -1.44. The topological polar surface area (TPSA) is 78.5 Å². The summed E-state index contributed by atoms with van der Waals surface area (Å²) in [5.74, 6) is 0.0307. The van der Waals surface area contributed by atoms with Gasteiger partial charge in [-0.15, -0.1) is 0 Å². The quantitative estimate of drug-likeness (QED) is 0.808. The number of nitrogens with zero attached hydrogens (tertiary/aromatic N) is 1. The highest BCUT2D eigenvalue weighted by Gasteiger charge is 2.26. The standard InChI is InChI=1S/C17H25N3O3S/c21-17(12-15-4-3-9-18-15)19-13-14-5-7-16(8-6-14)24(22,23)20-10-1-2-11-20/h5-8,15,18H,1-4,9-13H2,(H,19,21). The van der Waals surface area contributed by atoms with Crippen LogP contribution in [0.2, 0.25) is 0 Å². The first-order valence-corrected chi connectivity index (χ1v) is 10.1. The molecule has 2 heterocycles. The fourth-order valence-electron chi connectivity index (χ4n) is 3.28. The van der Waals surface area contributed by atoms with E-state index in [2.05, 4.69) is 10.6 Å². The van der Waals surface area contributed by atoms with Gasteiger partial charge in [-0.3, -0.25) is 4.79 Å². The minimum atomic E-state index is -3.36. The molecule has 1 aromatic rings. The first kappa shape index (κ1) is 17.4. The zero-order chi connectivity index (χ0) is 17.0. The van der Waals surface area contributed by atoms with Crippen LogP contribution >= 0.6 is 0 Å². The SMILES string of the molecule is O=C(CC1CCCN1)NCc1ccc(S(=O)(=O)N2CCCC2)cc1. The lowest BCUT2D eigenvalue weighted by Gasteiger charge is -2.15. The average molecular weight is 351 g/mol. The van der Waals surface area contributed by atoms with Crippen molar-refractivity contribution in [3.05, 3.63) is 29.8 Å². The lowest BCUT2D eigenvalue weighted by molar-refractivity contribution is -0.121. The number of sulfonamides is 1. The van der Waals surface area contributed by atoms with Gasteiger partial charge in [-0.25, -0.2) is 8.42 Å². The molecule has 132 valence electrons. The van der Waals surface area contributed by atoms with Crippen molar-refractivity contribution in [2.24, 2.45) is 0 Å². The van der Waals surface area contributed by atoms with Crippen LogP contribution < -0.4 is 10.6 Å². The highest BCUT2D eigenvalue weighted by atomic mass is 32.2. The molecule has 0 spiro atoms. The van der Waals surface area contributed by atoms with Crippen molar-refractivity contribution in [2.75, 3.05) is 19.6 Å². The predicted molar refractivity (Wildman–Crippen MR) is 91.9 cm³/mol. The molecule has 1 atom stereocenters. The van der Waals surface area contributed by atoms with E-state index in [1.165, 1.54) is 0 Å². The first-order chi connectivity index (χ1) is 11.6. The van der Waals surface area contributed by atoms with Crippen molar-refractivity contribution < 1.29 is 13.2 Å². The minimum Gasteiger partial charge on any atom is -0.352 e. The highest BCUT2D eigenvalue weighted by molar-refractivity contribution is 7.89. The molecule has 1 aromatic carbocycles. The van der Waals surface area contributed by atoms with E-state index in [9.17, 15) is 13.2 Å². The summed E-state index contributed by atoms with van der Waals surface area (Å²) in [4.78, 5) is 12.2. The molecule has 0 bridgehead atoms. The maximum Gasteiger partial charge on any atom is 0.243 e. The van der Waals surface area contributed by atoms with E-state index in [1.807, 2.05) is 0 Å². The van der Waals surface area contributed by atoms with Gasteiger partial charge in [0.15, 0.2) is 0 Å². The smallest absolute Gasteiger partial charge is 0.243 e. The summed E-state index contributed by atoms with van der Waals surface area (Å²) >= 11 is 0. The predicted octanol–water partition coefficient (Wildman–Crippen LogP) is 1.23. The number of hydrogen-bond acceptors (Lipinski definition) is 4. The fourth-order valence-corrected chi connectivity index (χ4v) is 4.80. The second kappa shape index (κ2) is 7.63. The molecule has 2 aliphatic rings. The number of carbonyl (C=O) groups excluding carboxylic acids is 1. The Morgan fingerprint density at radius 1 is 1.17 bits per heavy atom. The second-order valence-electron chi connectivity index (χ2n) is 6.53. The third-order valence-electron chi connectivity index (χ3n) is 4.71. The molecule has 0 aliphatic carbocycles. The molecule has 0 radical (unpaired) electrons. The maximum absolute atomic E-state index is 12.5. The number of amides is 1. The second-order valence-corrected chi connectivity index (χ2v) is 8.47. The number of hydrogen-bond donors (Lipinski definition) is 2. The van der Waals surface area contributed by atoms with Crippen molar-refractivity contribution in [1.29, 1.82) is 0 Å². The summed E-state index contributed by atoms with van der Waals surface area (Å²) in [6.45, 7) is 2.63. The van der Waals surface area contributed by atoms with Crippen LogP contribution in [0.5, 0.6) is 0 Å². The molecule has 0 saturated carbocycles. The van der Waals surface area contributed by atoms with Gasteiger partial charge in [0, 0.05) is 32.1 Å². The largest absolute Gasteiger partial charge is 0.352 e. The van der Waals surface area contributed by atoms with Crippen molar-refractivity contribution in [2.45, 2.75) is 49.6 Å². The van der Waals surface area contributed by atoms with Gasteiger partial charge in [-0.05, 0) is 49.9 Å². The van der Waals surface area contributed by atoms with Crippen LogP contribution in [0.15, 0.2) is 29.2 Å². The van der Waals surface area contributed by atoms with E-state index < -0.39 is 10.0 Å². The Morgan fingerprint density at radius 3 is 2.50 bits per heavy atom. The van der Waals surface area contributed by atoms with Crippen molar-refractivity contribution in [3.63, 3.8) is 0 Å². The van der Waals surface area contributed by atoms with Crippen LogP contribution in [0, 0.1) is 0 Å². The highest BCUT2D eigenvalue weighted by Crippen LogP contribution is 2.21. The van der Waals surface area contributed by atoms with Crippen molar-refractivity contribution in [3.8, 4) is 0 Å². The van der Waals surface area contributed by atoms with Gasteiger partial charge in [0.25, 0.3) is 0 Å². The van der Waals surface area contributed by atoms with E-state index in [0.717, 1.165) is 37.8 Å². The van der Waals surface area contributed by atoms with Crippen LogP contribution in [-0.4, -0.2) is 44.3 Å². The first-order valence-electron chi connectivity index (χ1n) is 8.65. The van der Waals surface area contributed by atoms with Gasteiger partial charge >= 0.3 is 0 Å². The maximum atomic E-state index is 12.5. The molecule has 6 nitrogen and oxygen atoms in total. The molecule has 1 unspecified atom stereocenters. The van der Waals surface area contributed by atoms with Gasteiger partial charge in [0.1, 0.15) is 0 Å². The summed E-state index contributed by atoms with van der Waals surface area (Å²) in [6, 6.07) is 7.10.